The maximum atomic E-state index is 13.4. The summed E-state index contributed by atoms with van der Waals surface area (Å²) in [5.74, 6) is -1.90. The predicted molar refractivity (Wildman–Crippen MR) is 109 cm³/mol. The molecule has 0 bridgehead atoms. The van der Waals surface area contributed by atoms with E-state index in [2.05, 4.69) is 0 Å². The first-order valence-electron chi connectivity index (χ1n) is 9.00. The van der Waals surface area contributed by atoms with E-state index in [1.54, 1.807) is 18.0 Å². The van der Waals surface area contributed by atoms with Crippen LogP contribution in [-0.4, -0.2) is 36.8 Å². The molecule has 0 saturated heterocycles. The molecule has 2 atom stereocenters. The number of thioether (sulfide) groups is 1. The van der Waals surface area contributed by atoms with Crippen LogP contribution in [0.3, 0.4) is 0 Å². The van der Waals surface area contributed by atoms with Gasteiger partial charge in [-0.3, -0.25) is 9.59 Å². The summed E-state index contributed by atoms with van der Waals surface area (Å²) in [4.78, 5) is 30.3. The molecule has 0 radical (unpaired) electrons. The minimum atomic E-state index is -1.16. The Hall–Kier alpha value is -2.31. The van der Waals surface area contributed by atoms with Gasteiger partial charge >= 0.3 is 0 Å². The summed E-state index contributed by atoms with van der Waals surface area (Å²) in [6.45, 7) is 2.47. The highest BCUT2D eigenvalue weighted by Crippen LogP contribution is 2.43. The van der Waals surface area contributed by atoms with E-state index in [-0.39, 0.29) is 11.8 Å². The van der Waals surface area contributed by atoms with Crippen molar-refractivity contribution in [2.75, 3.05) is 29.6 Å². The van der Waals surface area contributed by atoms with Gasteiger partial charge in [0, 0.05) is 29.7 Å². The lowest BCUT2D eigenvalue weighted by Gasteiger charge is -2.37. The maximum Gasteiger partial charge on any atom is 0.242 e. The molecule has 0 spiro atoms. The van der Waals surface area contributed by atoms with Crippen molar-refractivity contribution in [3.63, 3.8) is 0 Å². The van der Waals surface area contributed by atoms with E-state index in [1.807, 2.05) is 55.6 Å². The molecular formula is C21H24N2O3S. The van der Waals surface area contributed by atoms with Gasteiger partial charge in [0.1, 0.15) is 12.0 Å². The monoisotopic (exact) mass is 384 g/mol. The average molecular weight is 385 g/mol. The van der Waals surface area contributed by atoms with Crippen LogP contribution in [0.5, 0.6) is 0 Å². The van der Waals surface area contributed by atoms with Gasteiger partial charge in [0.15, 0.2) is 0 Å². The normalized spacial score (nSPS) is 19.0. The number of rotatable bonds is 5. The third-order valence-electron chi connectivity index (χ3n) is 4.88. The van der Waals surface area contributed by atoms with Crippen molar-refractivity contribution < 1.29 is 14.7 Å². The van der Waals surface area contributed by atoms with Gasteiger partial charge in [-0.2, -0.15) is 0 Å². The molecule has 5 nitrogen and oxygen atoms in total. The maximum absolute atomic E-state index is 13.4. The molecule has 0 saturated carbocycles. The summed E-state index contributed by atoms with van der Waals surface area (Å²) >= 11 is 1.50. The SMILES string of the molecule is CCCN(C(=O)C1C(=O)N(C)c2cccc(SC)c2C1O)c1ccccc1. The fourth-order valence-electron chi connectivity index (χ4n) is 3.54. The van der Waals surface area contributed by atoms with Gasteiger partial charge in [-0.15, -0.1) is 11.8 Å². The molecule has 2 unspecified atom stereocenters. The van der Waals surface area contributed by atoms with Crippen molar-refractivity contribution >= 4 is 35.0 Å². The van der Waals surface area contributed by atoms with Crippen molar-refractivity contribution in [3.8, 4) is 0 Å². The van der Waals surface area contributed by atoms with E-state index in [4.69, 9.17) is 0 Å². The van der Waals surface area contributed by atoms with Crippen LogP contribution in [-0.2, 0) is 9.59 Å². The number of amides is 2. The fraction of sp³-hybridized carbons (Fsp3) is 0.333. The van der Waals surface area contributed by atoms with Crippen molar-refractivity contribution in [2.45, 2.75) is 24.3 Å². The number of anilines is 2. The number of benzene rings is 2. The van der Waals surface area contributed by atoms with Crippen LogP contribution >= 0.6 is 11.8 Å². The standard InChI is InChI=1S/C21H24N2O3S/c1-4-13-23(14-9-6-5-7-10-14)21(26)18-19(24)17-15(22(2)20(18)25)11-8-12-16(17)27-3/h5-12,18-19,24H,4,13H2,1-3H3. The molecule has 6 heteroatoms. The zero-order valence-electron chi connectivity index (χ0n) is 15.8. The number of aliphatic hydroxyl groups excluding tert-OH is 1. The highest BCUT2D eigenvalue weighted by molar-refractivity contribution is 7.98. The molecule has 2 amide bonds. The number of para-hydroxylation sites is 1. The molecule has 0 fully saturated rings. The van der Waals surface area contributed by atoms with Crippen LogP contribution in [0, 0.1) is 5.92 Å². The van der Waals surface area contributed by atoms with Gasteiger partial charge in [-0.25, -0.2) is 0 Å². The zero-order valence-corrected chi connectivity index (χ0v) is 16.6. The zero-order chi connectivity index (χ0) is 19.6. The van der Waals surface area contributed by atoms with Gasteiger partial charge in [0.2, 0.25) is 11.8 Å². The number of nitrogens with zero attached hydrogens (tertiary/aromatic N) is 2. The lowest BCUT2D eigenvalue weighted by atomic mass is 9.87. The smallest absolute Gasteiger partial charge is 0.242 e. The summed E-state index contributed by atoms with van der Waals surface area (Å²) in [6.07, 6.45) is 1.51. The van der Waals surface area contributed by atoms with E-state index in [0.29, 0.717) is 17.8 Å². The largest absolute Gasteiger partial charge is 0.387 e. The second kappa shape index (κ2) is 8.15. The van der Waals surface area contributed by atoms with Gasteiger partial charge in [-0.05, 0) is 36.9 Å². The van der Waals surface area contributed by atoms with Crippen molar-refractivity contribution in [1.29, 1.82) is 0 Å². The van der Waals surface area contributed by atoms with E-state index in [9.17, 15) is 14.7 Å². The summed E-state index contributed by atoms with van der Waals surface area (Å²) in [5, 5.41) is 11.0. The molecule has 142 valence electrons. The Balaban J connectivity index is 2.04. The Morgan fingerprint density at radius 2 is 1.89 bits per heavy atom. The molecule has 1 heterocycles. The average Bonchev–Trinajstić information content (AvgIpc) is 2.70. The molecule has 1 N–H and O–H groups in total. The lowest BCUT2D eigenvalue weighted by molar-refractivity contribution is -0.137. The van der Waals surface area contributed by atoms with Crippen LogP contribution in [0.25, 0.3) is 0 Å². The van der Waals surface area contributed by atoms with Crippen LogP contribution in [0.2, 0.25) is 0 Å². The van der Waals surface area contributed by atoms with Crippen LogP contribution in [0.4, 0.5) is 11.4 Å². The summed E-state index contributed by atoms with van der Waals surface area (Å²) in [7, 11) is 1.66. The van der Waals surface area contributed by atoms with E-state index < -0.39 is 12.0 Å². The number of hydrogen-bond acceptors (Lipinski definition) is 4. The number of fused-ring (bicyclic) bond motifs is 1. The molecule has 1 aliphatic heterocycles. The van der Waals surface area contributed by atoms with Crippen molar-refractivity contribution in [2.24, 2.45) is 5.92 Å². The molecule has 27 heavy (non-hydrogen) atoms. The highest BCUT2D eigenvalue weighted by Gasteiger charge is 2.45. The van der Waals surface area contributed by atoms with Gasteiger partial charge in [0.25, 0.3) is 0 Å². The molecule has 2 aromatic carbocycles. The topological polar surface area (TPSA) is 60.9 Å². The summed E-state index contributed by atoms with van der Waals surface area (Å²) in [6, 6.07) is 14.9. The van der Waals surface area contributed by atoms with Gasteiger partial charge in [0.05, 0.1) is 5.69 Å². The molecule has 2 aromatic rings. The van der Waals surface area contributed by atoms with E-state index in [1.165, 1.54) is 16.7 Å². The number of hydrogen-bond donors (Lipinski definition) is 1. The third-order valence-corrected chi connectivity index (χ3v) is 5.68. The Morgan fingerprint density at radius 3 is 2.52 bits per heavy atom. The Morgan fingerprint density at radius 1 is 1.19 bits per heavy atom. The van der Waals surface area contributed by atoms with Gasteiger partial charge in [-0.1, -0.05) is 31.2 Å². The van der Waals surface area contributed by atoms with Crippen LogP contribution in [0.15, 0.2) is 53.4 Å². The highest BCUT2D eigenvalue weighted by atomic mass is 32.2. The lowest BCUT2D eigenvalue weighted by Crippen LogP contribution is -2.50. The number of aliphatic hydroxyl groups is 1. The molecule has 1 aliphatic rings. The number of carbonyl (C=O) groups is 2. The van der Waals surface area contributed by atoms with E-state index in [0.717, 1.165) is 17.0 Å². The first-order chi connectivity index (χ1) is 13.0. The van der Waals surface area contributed by atoms with E-state index >= 15 is 0 Å². The summed E-state index contributed by atoms with van der Waals surface area (Å²) in [5.41, 5.74) is 2.04. The number of carbonyl (C=O) groups excluding carboxylic acids is 2. The molecule has 0 aliphatic carbocycles. The minimum absolute atomic E-state index is 0.367. The second-order valence-electron chi connectivity index (χ2n) is 6.54. The second-order valence-corrected chi connectivity index (χ2v) is 7.39. The summed E-state index contributed by atoms with van der Waals surface area (Å²) < 4.78 is 0. The van der Waals surface area contributed by atoms with Crippen molar-refractivity contribution in [3.05, 3.63) is 54.1 Å². The first-order valence-corrected chi connectivity index (χ1v) is 10.2. The molecule has 3 rings (SSSR count). The Kier molecular flexibility index (Phi) is 5.87. The Bertz CT molecular complexity index is 841. The van der Waals surface area contributed by atoms with Gasteiger partial charge < -0.3 is 14.9 Å². The van der Waals surface area contributed by atoms with Crippen molar-refractivity contribution in [1.82, 2.24) is 0 Å². The molecular weight excluding hydrogens is 360 g/mol. The predicted octanol–water partition coefficient (Wildman–Crippen LogP) is 3.48. The molecule has 0 aromatic heterocycles. The van der Waals surface area contributed by atoms with Crippen LogP contribution in [0.1, 0.15) is 25.0 Å². The quantitative estimate of drug-likeness (QED) is 0.633. The minimum Gasteiger partial charge on any atom is -0.387 e. The van der Waals surface area contributed by atoms with Crippen LogP contribution < -0.4 is 9.80 Å². The third kappa shape index (κ3) is 3.47. The Labute approximate surface area is 164 Å². The first kappa shape index (κ1) is 19.5. The fourth-order valence-corrected chi connectivity index (χ4v) is 4.20.